The Labute approximate surface area is 95.9 Å². The van der Waals surface area contributed by atoms with Gasteiger partial charge in [0.1, 0.15) is 5.75 Å². The summed E-state index contributed by atoms with van der Waals surface area (Å²) in [6.07, 6.45) is -0.162. The van der Waals surface area contributed by atoms with Gasteiger partial charge in [-0.25, -0.2) is 0 Å². The molecule has 0 aromatic heterocycles. The molecule has 0 saturated heterocycles. The zero-order chi connectivity index (χ0) is 12.3. The molecule has 16 heavy (non-hydrogen) atoms. The van der Waals surface area contributed by atoms with Gasteiger partial charge in [-0.1, -0.05) is 0 Å². The molecule has 1 aromatic carbocycles. The minimum atomic E-state index is -0.732. The molecule has 0 fully saturated rings. The molecule has 0 saturated carbocycles. The van der Waals surface area contributed by atoms with Gasteiger partial charge >= 0.3 is 0 Å². The first-order valence-electron chi connectivity index (χ1n) is 5.41. The third kappa shape index (κ3) is 2.72. The summed E-state index contributed by atoms with van der Waals surface area (Å²) in [7, 11) is 0. The number of hydrogen-bond donors (Lipinski definition) is 4. The SMILES string of the molecule is Cc1cc(O)cc(C)c1C(O)C(N)CCN. The summed E-state index contributed by atoms with van der Waals surface area (Å²) in [5.74, 6) is 0.207. The lowest BCUT2D eigenvalue weighted by molar-refractivity contribution is 0.142. The predicted octanol–water partition coefficient (Wildman–Crippen LogP) is 0.719. The van der Waals surface area contributed by atoms with Crippen LogP contribution in [0, 0.1) is 13.8 Å². The van der Waals surface area contributed by atoms with Crippen molar-refractivity contribution < 1.29 is 10.2 Å². The summed E-state index contributed by atoms with van der Waals surface area (Å²) in [5, 5.41) is 19.5. The van der Waals surface area contributed by atoms with E-state index in [0.717, 1.165) is 16.7 Å². The Morgan fingerprint density at radius 1 is 1.25 bits per heavy atom. The first kappa shape index (κ1) is 13.0. The van der Waals surface area contributed by atoms with Gasteiger partial charge in [0.05, 0.1) is 6.10 Å². The zero-order valence-corrected chi connectivity index (χ0v) is 9.77. The first-order chi connectivity index (χ1) is 7.47. The average molecular weight is 224 g/mol. The number of nitrogens with two attached hydrogens (primary N) is 2. The number of hydrogen-bond acceptors (Lipinski definition) is 4. The molecule has 2 atom stereocenters. The van der Waals surface area contributed by atoms with E-state index in [1.54, 1.807) is 12.1 Å². The van der Waals surface area contributed by atoms with E-state index < -0.39 is 6.10 Å². The van der Waals surface area contributed by atoms with Gasteiger partial charge in [-0.05, 0) is 55.6 Å². The van der Waals surface area contributed by atoms with Crippen LogP contribution in [0.2, 0.25) is 0 Å². The molecule has 4 nitrogen and oxygen atoms in total. The monoisotopic (exact) mass is 224 g/mol. The van der Waals surface area contributed by atoms with Gasteiger partial charge in [0.2, 0.25) is 0 Å². The van der Waals surface area contributed by atoms with Gasteiger partial charge in [-0.2, -0.15) is 0 Å². The van der Waals surface area contributed by atoms with E-state index in [4.69, 9.17) is 11.5 Å². The Bertz CT molecular complexity index is 343. The van der Waals surface area contributed by atoms with E-state index in [-0.39, 0.29) is 11.8 Å². The molecule has 0 spiro atoms. The van der Waals surface area contributed by atoms with Crippen molar-refractivity contribution in [1.29, 1.82) is 0 Å². The molecule has 6 N–H and O–H groups in total. The fourth-order valence-electron chi connectivity index (χ4n) is 1.98. The van der Waals surface area contributed by atoms with Gasteiger partial charge < -0.3 is 21.7 Å². The highest BCUT2D eigenvalue weighted by atomic mass is 16.3. The van der Waals surface area contributed by atoms with Crippen molar-refractivity contribution in [3.8, 4) is 5.75 Å². The maximum atomic E-state index is 10.1. The second-order valence-corrected chi connectivity index (χ2v) is 4.18. The molecule has 0 bridgehead atoms. The fraction of sp³-hybridized carbons (Fsp3) is 0.500. The number of aliphatic hydroxyl groups is 1. The summed E-state index contributed by atoms with van der Waals surface area (Å²) < 4.78 is 0. The van der Waals surface area contributed by atoms with Crippen LogP contribution in [0.4, 0.5) is 0 Å². The van der Waals surface area contributed by atoms with Gasteiger partial charge in [0.15, 0.2) is 0 Å². The van der Waals surface area contributed by atoms with Crippen LogP contribution in [0.15, 0.2) is 12.1 Å². The molecule has 4 heteroatoms. The summed E-state index contributed by atoms with van der Waals surface area (Å²) in [4.78, 5) is 0. The van der Waals surface area contributed by atoms with Crippen LogP contribution in [-0.4, -0.2) is 22.8 Å². The molecule has 0 aliphatic heterocycles. The van der Waals surface area contributed by atoms with Gasteiger partial charge in [-0.3, -0.25) is 0 Å². The Hall–Kier alpha value is -1.10. The minimum Gasteiger partial charge on any atom is -0.508 e. The molecule has 0 heterocycles. The number of aryl methyl sites for hydroxylation is 2. The highest BCUT2D eigenvalue weighted by Crippen LogP contribution is 2.28. The minimum absolute atomic E-state index is 0.207. The molecule has 90 valence electrons. The maximum Gasteiger partial charge on any atom is 0.116 e. The van der Waals surface area contributed by atoms with Crippen LogP contribution >= 0.6 is 0 Å². The Morgan fingerprint density at radius 3 is 2.19 bits per heavy atom. The predicted molar refractivity (Wildman–Crippen MR) is 64.2 cm³/mol. The number of benzene rings is 1. The highest BCUT2D eigenvalue weighted by Gasteiger charge is 2.20. The zero-order valence-electron chi connectivity index (χ0n) is 9.77. The number of aliphatic hydroxyl groups excluding tert-OH is 1. The third-order valence-corrected chi connectivity index (χ3v) is 2.78. The lowest BCUT2D eigenvalue weighted by atomic mass is 9.92. The van der Waals surface area contributed by atoms with Crippen molar-refractivity contribution in [2.75, 3.05) is 6.54 Å². The van der Waals surface area contributed by atoms with Crippen molar-refractivity contribution in [2.24, 2.45) is 11.5 Å². The largest absolute Gasteiger partial charge is 0.508 e. The highest BCUT2D eigenvalue weighted by molar-refractivity contribution is 5.42. The smallest absolute Gasteiger partial charge is 0.116 e. The number of rotatable bonds is 4. The Kier molecular flexibility index (Phi) is 4.29. The van der Waals surface area contributed by atoms with Crippen molar-refractivity contribution >= 4 is 0 Å². The lowest BCUT2D eigenvalue weighted by Crippen LogP contribution is -2.31. The topological polar surface area (TPSA) is 92.5 Å². The van der Waals surface area contributed by atoms with Crippen molar-refractivity contribution in [3.05, 3.63) is 28.8 Å². The second-order valence-electron chi connectivity index (χ2n) is 4.18. The van der Waals surface area contributed by atoms with E-state index in [0.29, 0.717) is 13.0 Å². The second kappa shape index (κ2) is 5.30. The Balaban J connectivity index is 3.03. The summed E-state index contributed by atoms with van der Waals surface area (Å²) in [6.45, 7) is 4.15. The van der Waals surface area contributed by atoms with Crippen LogP contribution in [0.25, 0.3) is 0 Å². The molecule has 0 aliphatic rings. The van der Waals surface area contributed by atoms with Crippen molar-refractivity contribution in [2.45, 2.75) is 32.4 Å². The van der Waals surface area contributed by atoms with E-state index in [1.165, 1.54) is 0 Å². The van der Waals surface area contributed by atoms with Crippen LogP contribution < -0.4 is 11.5 Å². The van der Waals surface area contributed by atoms with Crippen LogP contribution in [0.5, 0.6) is 5.75 Å². The van der Waals surface area contributed by atoms with E-state index in [2.05, 4.69) is 0 Å². The molecule has 0 aliphatic carbocycles. The third-order valence-electron chi connectivity index (χ3n) is 2.78. The summed E-state index contributed by atoms with van der Waals surface area (Å²) in [6, 6.07) is 2.88. The number of phenolic OH excluding ortho intramolecular Hbond substituents is 1. The van der Waals surface area contributed by atoms with Crippen LogP contribution in [-0.2, 0) is 0 Å². The summed E-state index contributed by atoms with van der Waals surface area (Å²) >= 11 is 0. The van der Waals surface area contributed by atoms with E-state index in [9.17, 15) is 10.2 Å². The number of aromatic hydroxyl groups is 1. The lowest BCUT2D eigenvalue weighted by Gasteiger charge is -2.22. The molecule has 1 rings (SSSR count). The van der Waals surface area contributed by atoms with E-state index in [1.807, 2.05) is 13.8 Å². The quantitative estimate of drug-likeness (QED) is 0.606. The summed E-state index contributed by atoms with van der Waals surface area (Å²) in [5.41, 5.74) is 13.7. The van der Waals surface area contributed by atoms with Gasteiger partial charge in [-0.15, -0.1) is 0 Å². The van der Waals surface area contributed by atoms with Gasteiger partial charge in [0.25, 0.3) is 0 Å². The molecule has 1 aromatic rings. The number of phenols is 1. The first-order valence-corrected chi connectivity index (χ1v) is 5.41. The molecular weight excluding hydrogens is 204 g/mol. The average Bonchev–Trinajstić information content (AvgIpc) is 2.16. The van der Waals surface area contributed by atoms with Gasteiger partial charge in [0, 0.05) is 6.04 Å². The molecule has 0 radical (unpaired) electrons. The fourth-order valence-corrected chi connectivity index (χ4v) is 1.98. The van der Waals surface area contributed by atoms with Crippen LogP contribution in [0.1, 0.15) is 29.2 Å². The molecular formula is C12H20N2O2. The van der Waals surface area contributed by atoms with Crippen LogP contribution in [0.3, 0.4) is 0 Å². The maximum absolute atomic E-state index is 10.1. The van der Waals surface area contributed by atoms with E-state index >= 15 is 0 Å². The normalized spacial score (nSPS) is 14.8. The molecule has 0 amide bonds. The Morgan fingerprint density at radius 2 is 1.75 bits per heavy atom. The van der Waals surface area contributed by atoms with Crippen molar-refractivity contribution in [1.82, 2.24) is 0 Å². The molecule has 2 unspecified atom stereocenters. The standard InChI is InChI=1S/C12H20N2O2/c1-7-5-9(15)6-8(2)11(7)12(16)10(14)3-4-13/h5-6,10,12,15-16H,3-4,13-14H2,1-2H3. The van der Waals surface area contributed by atoms with Crippen molar-refractivity contribution in [3.63, 3.8) is 0 Å².